The minimum atomic E-state index is 0.0243. The Morgan fingerprint density at radius 1 is 1.20 bits per heavy atom. The molecule has 1 aliphatic heterocycles. The minimum absolute atomic E-state index is 0.0243. The van der Waals surface area contributed by atoms with E-state index in [0.717, 1.165) is 0 Å². The number of rotatable bonds is 0. The molecule has 0 fully saturated rings. The van der Waals surface area contributed by atoms with Gasteiger partial charge >= 0.3 is 0 Å². The number of nitrogens with zero attached hydrogens (tertiary/aromatic N) is 1. The maximum Gasteiger partial charge on any atom is 0.180 e. The van der Waals surface area contributed by atoms with Gasteiger partial charge in [0.2, 0.25) is 0 Å². The third-order valence-corrected chi connectivity index (χ3v) is 1.17. The summed E-state index contributed by atoms with van der Waals surface area (Å²) in [6.07, 6.45) is 10.2. The van der Waals surface area contributed by atoms with E-state index < -0.39 is 0 Å². The molecule has 0 aliphatic carbocycles. The predicted molar refractivity (Wildman–Crippen MR) is 40.2 cm³/mol. The summed E-state index contributed by atoms with van der Waals surface area (Å²) in [6, 6.07) is 0. The van der Waals surface area contributed by atoms with Crippen molar-refractivity contribution in [3.63, 3.8) is 0 Å². The summed E-state index contributed by atoms with van der Waals surface area (Å²) in [5.41, 5.74) is 0. The van der Waals surface area contributed by atoms with Crippen LogP contribution in [0.1, 0.15) is 0 Å². The minimum Gasteiger partial charge on any atom is -0.357 e. The fourth-order valence-corrected chi connectivity index (χ4v) is 0.632. The van der Waals surface area contributed by atoms with Crippen molar-refractivity contribution in [2.45, 2.75) is 0 Å². The van der Waals surface area contributed by atoms with Gasteiger partial charge in [0, 0.05) is 25.5 Å². The van der Waals surface area contributed by atoms with Crippen LogP contribution in [0.25, 0.3) is 0 Å². The molecule has 0 aromatic heterocycles. The van der Waals surface area contributed by atoms with Gasteiger partial charge in [-0.1, -0.05) is 6.08 Å². The Morgan fingerprint density at radius 3 is 2.80 bits per heavy atom. The van der Waals surface area contributed by atoms with Crippen LogP contribution in [-0.2, 0) is 4.79 Å². The summed E-state index contributed by atoms with van der Waals surface area (Å²) in [7, 11) is 1.87. The number of allylic oxidation sites excluding steroid dienone is 4. The molecule has 2 heteroatoms. The van der Waals surface area contributed by atoms with Gasteiger partial charge in [0.05, 0.1) is 0 Å². The lowest BCUT2D eigenvalue weighted by molar-refractivity contribution is -0.110. The van der Waals surface area contributed by atoms with Crippen molar-refractivity contribution in [1.29, 1.82) is 0 Å². The fourth-order valence-electron chi connectivity index (χ4n) is 0.632. The van der Waals surface area contributed by atoms with Crippen molar-refractivity contribution in [2.24, 2.45) is 0 Å². The number of carbonyl (C=O) groups is 1. The van der Waals surface area contributed by atoms with Gasteiger partial charge in [-0.25, -0.2) is 0 Å². The second-order valence-corrected chi connectivity index (χ2v) is 2.08. The van der Waals surface area contributed by atoms with Gasteiger partial charge in [0.15, 0.2) is 5.78 Å². The third-order valence-electron chi connectivity index (χ3n) is 1.17. The summed E-state index contributed by atoms with van der Waals surface area (Å²) in [5, 5.41) is 0. The molecule has 1 aliphatic rings. The van der Waals surface area contributed by atoms with Crippen molar-refractivity contribution in [1.82, 2.24) is 4.90 Å². The molecule has 0 saturated heterocycles. The molecule has 0 bridgehead atoms. The van der Waals surface area contributed by atoms with E-state index in [1.807, 2.05) is 24.2 Å². The van der Waals surface area contributed by atoms with Crippen molar-refractivity contribution < 1.29 is 4.79 Å². The molecule has 0 amide bonds. The van der Waals surface area contributed by atoms with Crippen molar-refractivity contribution in [3.05, 3.63) is 36.7 Å². The van der Waals surface area contributed by atoms with E-state index in [2.05, 4.69) is 0 Å². The molecule has 0 atom stereocenters. The quantitative estimate of drug-likeness (QED) is 0.495. The van der Waals surface area contributed by atoms with Crippen molar-refractivity contribution in [2.75, 3.05) is 7.05 Å². The Morgan fingerprint density at radius 2 is 2.00 bits per heavy atom. The van der Waals surface area contributed by atoms with Crippen molar-refractivity contribution in [3.8, 4) is 0 Å². The second-order valence-electron chi connectivity index (χ2n) is 2.08. The summed E-state index contributed by atoms with van der Waals surface area (Å²) in [6.45, 7) is 0. The lowest BCUT2D eigenvalue weighted by Crippen LogP contribution is -2.02. The van der Waals surface area contributed by atoms with E-state index in [-0.39, 0.29) is 5.78 Å². The zero-order chi connectivity index (χ0) is 7.40. The van der Waals surface area contributed by atoms with E-state index in [1.165, 1.54) is 12.2 Å². The van der Waals surface area contributed by atoms with E-state index in [0.29, 0.717) is 0 Å². The molecule has 0 aromatic carbocycles. The summed E-state index contributed by atoms with van der Waals surface area (Å²) in [4.78, 5) is 12.6. The van der Waals surface area contributed by atoms with Crippen LogP contribution in [0.15, 0.2) is 36.7 Å². The van der Waals surface area contributed by atoms with Crippen molar-refractivity contribution >= 4 is 5.78 Å². The first-order valence-corrected chi connectivity index (χ1v) is 3.08. The highest BCUT2D eigenvalue weighted by molar-refractivity contribution is 5.99. The Labute approximate surface area is 60.1 Å². The van der Waals surface area contributed by atoms with Gasteiger partial charge in [0.25, 0.3) is 0 Å². The highest BCUT2D eigenvalue weighted by Crippen LogP contribution is 1.92. The summed E-state index contributed by atoms with van der Waals surface area (Å²) < 4.78 is 0. The van der Waals surface area contributed by atoms with E-state index >= 15 is 0 Å². The first-order valence-electron chi connectivity index (χ1n) is 3.08. The lowest BCUT2D eigenvalue weighted by atomic mass is 10.3. The second kappa shape index (κ2) is 3.01. The highest BCUT2D eigenvalue weighted by Gasteiger charge is 1.90. The monoisotopic (exact) mass is 135 g/mol. The zero-order valence-electron chi connectivity index (χ0n) is 5.82. The number of ketones is 1. The Balaban J connectivity index is 2.79. The molecule has 1 heterocycles. The van der Waals surface area contributed by atoms with E-state index in [4.69, 9.17) is 0 Å². The maximum atomic E-state index is 10.7. The van der Waals surface area contributed by atoms with Gasteiger partial charge in [-0.15, -0.1) is 0 Å². The van der Waals surface area contributed by atoms with Crippen LogP contribution < -0.4 is 0 Å². The Hall–Kier alpha value is -1.31. The van der Waals surface area contributed by atoms with E-state index in [9.17, 15) is 4.79 Å². The molecule has 1 rings (SSSR count). The Kier molecular flexibility index (Phi) is 2.05. The first-order chi connectivity index (χ1) is 4.79. The predicted octanol–water partition coefficient (Wildman–Crippen LogP) is 1.08. The van der Waals surface area contributed by atoms with Crippen LogP contribution in [-0.4, -0.2) is 17.7 Å². The molecule has 52 valence electrons. The van der Waals surface area contributed by atoms with E-state index in [1.54, 1.807) is 12.3 Å². The van der Waals surface area contributed by atoms with Gasteiger partial charge in [-0.05, 0) is 12.2 Å². The summed E-state index contributed by atoms with van der Waals surface area (Å²) >= 11 is 0. The van der Waals surface area contributed by atoms with Gasteiger partial charge in [0.1, 0.15) is 0 Å². The van der Waals surface area contributed by atoms with Crippen LogP contribution in [0, 0.1) is 0 Å². The SMILES string of the molecule is CN1/C=C\C=C\C(=O)/C=C\1. The molecular formula is C8H9NO. The highest BCUT2D eigenvalue weighted by atomic mass is 16.1. The third kappa shape index (κ3) is 1.90. The number of hydrogen-bond acceptors (Lipinski definition) is 2. The average molecular weight is 135 g/mol. The molecule has 0 spiro atoms. The average Bonchev–Trinajstić information content (AvgIpc) is 1.90. The lowest BCUT2D eigenvalue weighted by Gasteiger charge is -2.05. The topological polar surface area (TPSA) is 20.3 Å². The molecule has 0 radical (unpaired) electrons. The zero-order valence-corrected chi connectivity index (χ0v) is 5.82. The molecule has 0 aromatic rings. The van der Waals surface area contributed by atoms with Crippen LogP contribution >= 0.6 is 0 Å². The van der Waals surface area contributed by atoms with Gasteiger partial charge in [-0.2, -0.15) is 0 Å². The van der Waals surface area contributed by atoms with Crippen LogP contribution in [0.2, 0.25) is 0 Å². The molecule has 0 N–H and O–H groups in total. The standard InChI is InChI=1S/C8H9NO/c1-9-6-3-2-4-8(10)5-7-9/h2-7H,1H3/b4-2+,6-3-,7-5-. The molecular weight excluding hydrogens is 126 g/mol. The number of hydrogen-bond donors (Lipinski definition) is 0. The van der Waals surface area contributed by atoms with Gasteiger partial charge < -0.3 is 4.90 Å². The first kappa shape index (κ1) is 6.81. The fraction of sp³-hybridized carbons (Fsp3) is 0.125. The molecule has 2 nitrogen and oxygen atoms in total. The molecule has 0 saturated carbocycles. The Bertz CT molecular complexity index is 213. The number of carbonyl (C=O) groups excluding carboxylic acids is 1. The summed E-state index contributed by atoms with van der Waals surface area (Å²) in [5.74, 6) is 0.0243. The normalized spacial score (nSPS) is 26.9. The smallest absolute Gasteiger partial charge is 0.180 e. The van der Waals surface area contributed by atoms with Crippen LogP contribution in [0.4, 0.5) is 0 Å². The van der Waals surface area contributed by atoms with Gasteiger partial charge in [-0.3, -0.25) is 4.79 Å². The maximum absolute atomic E-state index is 10.7. The van der Waals surface area contributed by atoms with Crippen LogP contribution in [0.5, 0.6) is 0 Å². The molecule has 0 unspecified atom stereocenters. The largest absolute Gasteiger partial charge is 0.357 e. The molecule has 10 heavy (non-hydrogen) atoms. The van der Waals surface area contributed by atoms with Crippen LogP contribution in [0.3, 0.4) is 0 Å².